The molecule has 148 valence electrons. The highest BCUT2D eigenvalue weighted by atomic mass is 16.6. The Morgan fingerprint density at radius 1 is 0.926 bits per heavy atom. The van der Waals surface area contributed by atoms with E-state index in [-0.39, 0.29) is 5.97 Å². The Balaban J connectivity index is 2.28. The predicted octanol–water partition coefficient (Wildman–Crippen LogP) is 5.18. The Kier molecular flexibility index (Phi) is 10.9. The van der Waals surface area contributed by atoms with E-state index >= 15 is 0 Å². The van der Waals surface area contributed by atoms with E-state index in [2.05, 4.69) is 6.92 Å². The van der Waals surface area contributed by atoms with Crippen molar-refractivity contribution in [3.8, 4) is 6.07 Å². The highest BCUT2D eigenvalue weighted by Gasteiger charge is 2.21. The molecule has 0 heterocycles. The second-order valence-electron chi connectivity index (χ2n) is 6.87. The first-order valence-corrected chi connectivity index (χ1v) is 9.88. The van der Waals surface area contributed by atoms with Gasteiger partial charge in [-0.2, -0.15) is 5.26 Å². The van der Waals surface area contributed by atoms with Crippen molar-refractivity contribution in [1.29, 1.82) is 5.26 Å². The zero-order valence-electron chi connectivity index (χ0n) is 16.7. The molecule has 2 atom stereocenters. The number of carbonyl (C=O) groups is 2. The molecular weight excluding hydrogens is 342 g/mol. The van der Waals surface area contributed by atoms with Crippen molar-refractivity contribution in [2.75, 3.05) is 0 Å². The summed E-state index contributed by atoms with van der Waals surface area (Å²) >= 11 is 0. The lowest BCUT2D eigenvalue weighted by Crippen LogP contribution is -2.30. The highest BCUT2D eigenvalue weighted by Crippen LogP contribution is 2.12. The summed E-state index contributed by atoms with van der Waals surface area (Å²) in [7, 11) is 0. The summed E-state index contributed by atoms with van der Waals surface area (Å²) in [4.78, 5) is 24.0. The number of nitrogens with zero attached hydrogens (tertiary/aromatic N) is 1. The van der Waals surface area contributed by atoms with Crippen molar-refractivity contribution in [1.82, 2.24) is 0 Å². The molecule has 0 saturated carbocycles. The normalized spacial score (nSPS) is 12.7. The Bertz CT molecular complexity index is 618. The summed E-state index contributed by atoms with van der Waals surface area (Å²) in [6.07, 6.45) is 7.36. The molecule has 0 radical (unpaired) electrons. The van der Waals surface area contributed by atoms with E-state index < -0.39 is 18.2 Å². The number of nitriles is 1. The lowest BCUT2D eigenvalue weighted by atomic mass is 10.1. The first-order chi connectivity index (χ1) is 13.0. The molecule has 0 amide bonds. The molecule has 0 aliphatic heterocycles. The van der Waals surface area contributed by atoms with Crippen LogP contribution in [-0.4, -0.2) is 24.1 Å². The van der Waals surface area contributed by atoms with Gasteiger partial charge in [-0.05, 0) is 44.5 Å². The number of unbranched alkanes of at least 4 members (excludes halogenated alkanes) is 6. The molecule has 5 nitrogen and oxygen atoms in total. The summed E-state index contributed by atoms with van der Waals surface area (Å²) in [6, 6.07) is 8.22. The van der Waals surface area contributed by atoms with E-state index in [1.165, 1.54) is 25.7 Å². The summed E-state index contributed by atoms with van der Waals surface area (Å²) in [5.74, 6) is -0.751. The summed E-state index contributed by atoms with van der Waals surface area (Å²) in [5, 5.41) is 8.78. The SMILES string of the molecule is CCCCCCCCCC(=O)OC(C)C(C)OC(=O)c1ccc(C#N)cc1. The molecule has 0 fully saturated rings. The minimum Gasteiger partial charge on any atom is -0.459 e. The van der Waals surface area contributed by atoms with Crippen molar-refractivity contribution < 1.29 is 19.1 Å². The fourth-order valence-electron chi connectivity index (χ4n) is 2.60. The van der Waals surface area contributed by atoms with Gasteiger partial charge in [0.2, 0.25) is 0 Å². The lowest BCUT2D eigenvalue weighted by molar-refractivity contribution is -0.153. The third kappa shape index (κ3) is 9.23. The molecule has 0 aliphatic rings. The third-order valence-electron chi connectivity index (χ3n) is 4.51. The van der Waals surface area contributed by atoms with Crippen LogP contribution in [0, 0.1) is 11.3 Å². The van der Waals surface area contributed by atoms with E-state index in [4.69, 9.17) is 14.7 Å². The number of benzene rings is 1. The Morgan fingerprint density at radius 2 is 1.48 bits per heavy atom. The molecule has 0 aromatic heterocycles. The van der Waals surface area contributed by atoms with E-state index in [1.807, 2.05) is 6.07 Å². The number of hydrogen-bond donors (Lipinski definition) is 0. The number of rotatable bonds is 12. The second-order valence-corrected chi connectivity index (χ2v) is 6.87. The smallest absolute Gasteiger partial charge is 0.338 e. The fraction of sp³-hybridized carbons (Fsp3) is 0.591. The third-order valence-corrected chi connectivity index (χ3v) is 4.51. The largest absolute Gasteiger partial charge is 0.459 e. The van der Waals surface area contributed by atoms with Crippen LogP contribution in [-0.2, 0) is 14.3 Å². The van der Waals surface area contributed by atoms with Gasteiger partial charge in [0.25, 0.3) is 0 Å². The van der Waals surface area contributed by atoms with Gasteiger partial charge in [0.1, 0.15) is 12.2 Å². The Labute approximate surface area is 162 Å². The van der Waals surface area contributed by atoms with Crippen molar-refractivity contribution in [2.45, 2.75) is 84.3 Å². The number of esters is 2. The van der Waals surface area contributed by atoms with Gasteiger partial charge in [-0.25, -0.2) is 4.79 Å². The first-order valence-electron chi connectivity index (χ1n) is 9.88. The quantitative estimate of drug-likeness (QED) is 0.373. The van der Waals surface area contributed by atoms with Crippen molar-refractivity contribution in [3.63, 3.8) is 0 Å². The minimum atomic E-state index is -0.550. The zero-order valence-corrected chi connectivity index (χ0v) is 16.7. The van der Waals surface area contributed by atoms with Gasteiger partial charge in [0, 0.05) is 6.42 Å². The second kappa shape index (κ2) is 12.9. The van der Waals surface area contributed by atoms with Gasteiger partial charge >= 0.3 is 11.9 Å². The van der Waals surface area contributed by atoms with Crippen LogP contribution in [0.2, 0.25) is 0 Å². The van der Waals surface area contributed by atoms with Crippen LogP contribution in [0.1, 0.15) is 88.1 Å². The molecule has 0 saturated heterocycles. The number of hydrogen-bond acceptors (Lipinski definition) is 5. The van der Waals surface area contributed by atoms with Crippen LogP contribution in [0.25, 0.3) is 0 Å². The maximum absolute atomic E-state index is 12.1. The van der Waals surface area contributed by atoms with Gasteiger partial charge in [-0.15, -0.1) is 0 Å². The van der Waals surface area contributed by atoms with Gasteiger partial charge in [-0.1, -0.05) is 45.4 Å². The fourth-order valence-corrected chi connectivity index (χ4v) is 2.60. The molecule has 0 spiro atoms. The molecule has 5 heteroatoms. The van der Waals surface area contributed by atoms with Gasteiger partial charge in [-0.3, -0.25) is 4.79 Å². The minimum absolute atomic E-state index is 0.252. The summed E-state index contributed by atoms with van der Waals surface area (Å²) in [5.41, 5.74) is 0.842. The molecule has 2 unspecified atom stereocenters. The standard InChI is InChI=1S/C22H31NO4/c1-4-5-6-7-8-9-10-11-21(24)26-17(2)18(3)27-22(25)20-14-12-19(16-23)13-15-20/h12-15,17-18H,4-11H2,1-3H3. The van der Waals surface area contributed by atoms with E-state index in [0.29, 0.717) is 17.5 Å². The Hall–Kier alpha value is -2.35. The van der Waals surface area contributed by atoms with Crippen molar-refractivity contribution >= 4 is 11.9 Å². The van der Waals surface area contributed by atoms with E-state index in [9.17, 15) is 9.59 Å². The average molecular weight is 373 g/mol. The molecule has 1 aromatic rings. The van der Waals surface area contributed by atoms with Crippen molar-refractivity contribution in [2.24, 2.45) is 0 Å². The lowest BCUT2D eigenvalue weighted by Gasteiger charge is -2.21. The van der Waals surface area contributed by atoms with Crippen LogP contribution in [0.4, 0.5) is 0 Å². The van der Waals surface area contributed by atoms with E-state index in [1.54, 1.807) is 38.1 Å². The zero-order chi connectivity index (χ0) is 20.1. The van der Waals surface area contributed by atoms with Crippen LogP contribution >= 0.6 is 0 Å². The maximum atomic E-state index is 12.1. The number of carbonyl (C=O) groups excluding carboxylic acids is 2. The van der Waals surface area contributed by atoms with E-state index in [0.717, 1.165) is 19.3 Å². The average Bonchev–Trinajstić information content (AvgIpc) is 2.67. The Morgan fingerprint density at radius 3 is 2.07 bits per heavy atom. The van der Waals surface area contributed by atoms with Crippen LogP contribution in [0.15, 0.2) is 24.3 Å². The molecule has 27 heavy (non-hydrogen) atoms. The van der Waals surface area contributed by atoms with Gasteiger partial charge in [0.05, 0.1) is 17.2 Å². The molecule has 0 bridgehead atoms. The summed E-state index contributed by atoms with van der Waals surface area (Å²) in [6.45, 7) is 5.62. The maximum Gasteiger partial charge on any atom is 0.338 e. The van der Waals surface area contributed by atoms with Crippen molar-refractivity contribution in [3.05, 3.63) is 35.4 Å². The summed E-state index contributed by atoms with van der Waals surface area (Å²) < 4.78 is 10.7. The van der Waals surface area contributed by atoms with Gasteiger partial charge < -0.3 is 9.47 Å². The monoisotopic (exact) mass is 373 g/mol. The number of ether oxygens (including phenoxy) is 2. The van der Waals surface area contributed by atoms with Crippen LogP contribution < -0.4 is 0 Å². The molecule has 0 N–H and O–H groups in total. The van der Waals surface area contributed by atoms with Crippen LogP contribution in [0.3, 0.4) is 0 Å². The molecule has 0 aliphatic carbocycles. The highest BCUT2D eigenvalue weighted by molar-refractivity contribution is 5.89. The molecule has 1 rings (SSSR count). The topological polar surface area (TPSA) is 76.4 Å². The molecule has 1 aromatic carbocycles. The first kappa shape index (κ1) is 22.7. The predicted molar refractivity (Wildman–Crippen MR) is 104 cm³/mol. The van der Waals surface area contributed by atoms with Crippen LogP contribution in [0.5, 0.6) is 0 Å². The van der Waals surface area contributed by atoms with Gasteiger partial charge in [0.15, 0.2) is 0 Å². The molecular formula is C22H31NO4.